The molecule has 2 aromatic rings. The van der Waals surface area contributed by atoms with Crippen LogP contribution >= 0.6 is 0 Å². The van der Waals surface area contributed by atoms with E-state index in [1.807, 2.05) is 48.5 Å². The molecule has 1 aliphatic heterocycles. The molecule has 5 nitrogen and oxygen atoms in total. The fraction of sp³-hybridized carbons (Fsp3) is 0.484. The Labute approximate surface area is 214 Å². The maximum Gasteiger partial charge on any atom is 0.254 e. The molecule has 190 valence electrons. The van der Waals surface area contributed by atoms with Crippen molar-refractivity contribution in [2.45, 2.75) is 82.2 Å². The predicted octanol–water partition coefficient (Wildman–Crippen LogP) is 6.32. The van der Waals surface area contributed by atoms with Crippen LogP contribution in [-0.4, -0.2) is 36.4 Å². The summed E-state index contributed by atoms with van der Waals surface area (Å²) in [4.78, 5) is 30.0. The van der Waals surface area contributed by atoms with Gasteiger partial charge in [-0.15, -0.1) is 0 Å². The summed E-state index contributed by atoms with van der Waals surface area (Å²) in [6.45, 7) is 0.635. The number of carbonyl (C=O) groups is 2. The summed E-state index contributed by atoms with van der Waals surface area (Å²) in [5.41, 5.74) is 3.95. The summed E-state index contributed by atoms with van der Waals surface area (Å²) >= 11 is 0. The van der Waals surface area contributed by atoms with Gasteiger partial charge < -0.3 is 15.0 Å². The number of nitrogens with zero attached hydrogens (tertiary/aromatic N) is 1. The molecule has 1 fully saturated rings. The Morgan fingerprint density at radius 3 is 2.50 bits per heavy atom. The number of rotatable bonds is 7. The van der Waals surface area contributed by atoms with Gasteiger partial charge in [0.25, 0.3) is 5.91 Å². The van der Waals surface area contributed by atoms with Gasteiger partial charge in [0.2, 0.25) is 5.91 Å². The molecule has 2 unspecified atom stereocenters. The highest BCUT2D eigenvalue weighted by Gasteiger charge is 2.46. The highest BCUT2D eigenvalue weighted by Crippen LogP contribution is 2.46. The van der Waals surface area contributed by atoms with Crippen molar-refractivity contribution in [2.24, 2.45) is 0 Å². The summed E-state index contributed by atoms with van der Waals surface area (Å²) < 4.78 is 5.40. The zero-order valence-electron chi connectivity index (χ0n) is 21.4. The molecule has 0 bridgehead atoms. The van der Waals surface area contributed by atoms with Crippen LogP contribution in [0.25, 0.3) is 0 Å². The van der Waals surface area contributed by atoms with Crippen molar-refractivity contribution >= 4 is 11.8 Å². The first-order chi connectivity index (χ1) is 17.7. The zero-order chi connectivity index (χ0) is 24.9. The average Bonchev–Trinajstić information content (AvgIpc) is 2.94. The number of hydrogen-bond donors (Lipinski definition) is 1. The molecule has 2 aromatic carbocycles. The lowest BCUT2D eigenvalue weighted by molar-refractivity contribution is -0.124. The van der Waals surface area contributed by atoms with Crippen molar-refractivity contribution in [2.75, 3.05) is 13.7 Å². The van der Waals surface area contributed by atoms with E-state index in [4.69, 9.17) is 4.74 Å². The van der Waals surface area contributed by atoms with Gasteiger partial charge in [0.05, 0.1) is 19.1 Å². The van der Waals surface area contributed by atoms with Crippen molar-refractivity contribution in [3.8, 4) is 5.75 Å². The second kappa shape index (κ2) is 11.3. The van der Waals surface area contributed by atoms with Crippen molar-refractivity contribution < 1.29 is 14.3 Å². The number of benzene rings is 2. The van der Waals surface area contributed by atoms with Crippen LogP contribution in [0.1, 0.15) is 97.7 Å². The second-order valence-electron chi connectivity index (χ2n) is 10.4. The van der Waals surface area contributed by atoms with Gasteiger partial charge in [0, 0.05) is 18.2 Å². The van der Waals surface area contributed by atoms with Gasteiger partial charge in [0.1, 0.15) is 5.75 Å². The van der Waals surface area contributed by atoms with Gasteiger partial charge in [-0.3, -0.25) is 9.59 Å². The van der Waals surface area contributed by atoms with Gasteiger partial charge in [-0.1, -0.05) is 61.2 Å². The van der Waals surface area contributed by atoms with Gasteiger partial charge in [-0.05, 0) is 74.3 Å². The molecule has 0 aromatic heterocycles. The van der Waals surface area contributed by atoms with Gasteiger partial charge in [-0.2, -0.15) is 0 Å². The van der Waals surface area contributed by atoms with Crippen LogP contribution in [0, 0.1) is 0 Å². The topological polar surface area (TPSA) is 58.6 Å². The van der Waals surface area contributed by atoms with Gasteiger partial charge in [-0.25, -0.2) is 0 Å². The number of carbonyl (C=O) groups excluding carboxylic acids is 2. The summed E-state index contributed by atoms with van der Waals surface area (Å²) in [7, 11) is 1.65. The smallest absolute Gasteiger partial charge is 0.254 e. The Hall–Kier alpha value is -3.08. The number of amides is 2. The molecular weight excluding hydrogens is 448 g/mol. The first kappa shape index (κ1) is 24.6. The molecule has 0 radical (unpaired) electrons. The Morgan fingerprint density at radius 2 is 1.78 bits per heavy atom. The zero-order valence-corrected chi connectivity index (χ0v) is 21.4. The number of fused-ring (bicyclic) bond motifs is 1. The van der Waals surface area contributed by atoms with Crippen molar-refractivity contribution in [3.05, 3.63) is 76.9 Å². The van der Waals surface area contributed by atoms with E-state index in [1.54, 1.807) is 7.11 Å². The molecule has 5 heteroatoms. The molecular formula is C31H38N2O3. The number of hydrogen-bond acceptors (Lipinski definition) is 3. The largest absolute Gasteiger partial charge is 0.497 e. The average molecular weight is 487 g/mol. The molecule has 0 spiro atoms. The third-order valence-corrected chi connectivity index (χ3v) is 8.21. The summed E-state index contributed by atoms with van der Waals surface area (Å²) in [5, 5.41) is 3.26. The number of ether oxygens (including phenoxy) is 1. The highest BCUT2D eigenvalue weighted by atomic mass is 16.5. The fourth-order valence-electron chi connectivity index (χ4n) is 6.34. The number of nitrogens with one attached hydrogen (secondary N) is 1. The molecule has 0 saturated heterocycles. The summed E-state index contributed by atoms with van der Waals surface area (Å²) in [6, 6.07) is 15.4. The van der Waals surface area contributed by atoms with Crippen molar-refractivity contribution in [1.82, 2.24) is 10.2 Å². The SMILES string of the molecule is COc1ccc(C2C(C(=O)NCCC3=CCCCC3)c3ccccc3C(=O)N2C2CCCCC2)cc1. The van der Waals surface area contributed by atoms with Gasteiger partial charge in [0.15, 0.2) is 0 Å². The molecule has 3 aliphatic rings. The normalized spacial score (nSPS) is 22.5. The maximum absolute atomic E-state index is 14.0. The minimum absolute atomic E-state index is 0.00740. The third kappa shape index (κ3) is 5.07. The lowest BCUT2D eigenvalue weighted by atomic mass is 9.77. The molecule has 1 heterocycles. The monoisotopic (exact) mass is 486 g/mol. The maximum atomic E-state index is 14.0. The minimum Gasteiger partial charge on any atom is -0.497 e. The lowest BCUT2D eigenvalue weighted by Crippen LogP contribution is -2.52. The number of methoxy groups -OCH3 is 1. The molecule has 1 saturated carbocycles. The third-order valence-electron chi connectivity index (χ3n) is 8.21. The Kier molecular flexibility index (Phi) is 7.74. The standard InChI is InChI=1S/C31H38N2O3/c1-36-25-18-16-23(17-19-25)29-28(30(34)32-21-20-22-10-4-2-5-11-22)26-14-8-9-15-27(26)31(35)33(29)24-12-6-3-7-13-24/h8-10,14-19,24,28-29H,2-7,11-13,20-21H2,1H3,(H,32,34). The Morgan fingerprint density at radius 1 is 1.00 bits per heavy atom. The van der Waals surface area contributed by atoms with E-state index in [2.05, 4.69) is 16.3 Å². The molecule has 2 aliphatic carbocycles. The molecule has 2 amide bonds. The highest BCUT2D eigenvalue weighted by molar-refractivity contribution is 6.01. The van der Waals surface area contributed by atoms with E-state index in [1.165, 1.54) is 24.8 Å². The second-order valence-corrected chi connectivity index (χ2v) is 10.4. The predicted molar refractivity (Wildman–Crippen MR) is 142 cm³/mol. The van der Waals surface area contributed by atoms with E-state index in [9.17, 15) is 9.59 Å². The molecule has 36 heavy (non-hydrogen) atoms. The van der Waals surface area contributed by atoms with Crippen LogP contribution in [0.15, 0.2) is 60.2 Å². The van der Waals surface area contributed by atoms with Crippen LogP contribution in [0.4, 0.5) is 0 Å². The lowest BCUT2D eigenvalue weighted by Gasteiger charge is -2.46. The van der Waals surface area contributed by atoms with E-state index in [0.717, 1.165) is 61.8 Å². The summed E-state index contributed by atoms with van der Waals surface area (Å²) in [6.07, 6.45) is 13.5. The van der Waals surface area contributed by atoms with E-state index in [0.29, 0.717) is 12.1 Å². The van der Waals surface area contributed by atoms with Crippen LogP contribution in [0.5, 0.6) is 5.75 Å². The first-order valence-electron chi connectivity index (χ1n) is 13.7. The first-order valence-corrected chi connectivity index (χ1v) is 13.7. The summed E-state index contributed by atoms with van der Waals surface area (Å²) in [5.74, 6) is 0.379. The molecule has 2 atom stereocenters. The van der Waals surface area contributed by atoms with Crippen molar-refractivity contribution in [1.29, 1.82) is 0 Å². The van der Waals surface area contributed by atoms with E-state index >= 15 is 0 Å². The minimum atomic E-state index is -0.449. The van der Waals surface area contributed by atoms with E-state index in [-0.39, 0.29) is 23.9 Å². The van der Waals surface area contributed by atoms with Crippen LogP contribution in [-0.2, 0) is 4.79 Å². The van der Waals surface area contributed by atoms with E-state index < -0.39 is 5.92 Å². The Balaban J connectivity index is 1.51. The fourth-order valence-corrected chi connectivity index (χ4v) is 6.34. The molecule has 5 rings (SSSR count). The molecule has 1 N–H and O–H groups in total. The van der Waals surface area contributed by atoms with Gasteiger partial charge >= 0.3 is 0 Å². The van der Waals surface area contributed by atoms with Crippen molar-refractivity contribution in [3.63, 3.8) is 0 Å². The Bertz CT molecular complexity index is 1100. The number of allylic oxidation sites excluding steroid dienone is 1. The quantitative estimate of drug-likeness (QED) is 0.466. The van der Waals surface area contributed by atoms with Crippen LogP contribution in [0.3, 0.4) is 0 Å². The van der Waals surface area contributed by atoms with Crippen LogP contribution < -0.4 is 10.1 Å². The van der Waals surface area contributed by atoms with Crippen LogP contribution in [0.2, 0.25) is 0 Å².